The Hall–Kier alpha value is -3.07. The van der Waals surface area contributed by atoms with Gasteiger partial charge in [-0.15, -0.1) is 0 Å². The van der Waals surface area contributed by atoms with Gasteiger partial charge in [-0.05, 0) is 24.3 Å². The molecule has 2 rings (SSSR count). The van der Waals surface area contributed by atoms with Crippen LogP contribution in [0.3, 0.4) is 0 Å². The monoisotopic (exact) mass is 286 g/mol. The second-order valence-corrected chi connectivity index (χ2v) is 4.06. The second kappa shape index (κ2) is 6.39. The number of carbonyl (C=O) groups excluding carboxylic acids is 1. The van der Waals surface area contributed by atoms with Gasteiger partial charge in [-0.2, -0.15) is 5.26 Å². The van der Waals surface area contributed by atoms with Gasteiger partial charge in [0, 0.05) is 11.8 Å². The number of carbonyl (C=O) groups is 1. The zero-order chi connectivity index (χ0) is 15.2. The third-order valence-electron chi connectivity index (χ3n) is 2.61. The average molecular weight is 286 g/mol. The van der Waals surface area contributed by atoms with Crippen molar-refractivity contribution in [2.24, 2.45) is 0 Å². The van der Waals surface area contributed by atoms with E-state index in [1.165, 1.54) is 18.2 Å². The van der Waals surface area contributed by atoms with Crippen molar-refractivity contribution < 1.29 is 19.0 Å². The SMILES string of the molecule is N#CCOc1cccc(NC(=O)c2c(O)cccc2F)c1. The van der Waals surface area contributed by atoms with Crippen LogP contribution in [0.2, 0.25) is 0 Å². The van der Waals surface area contributed by atoms with Crippen molar-refractivity contribution >= 4 is 11.6 Å². The molecule has 0 aliphatic rings. The number of phenolic OH excluding ortho intramolecular Hbond substituents is 1. The number of benzene rings is 2. The largest absolute Gasteiger partial charge is 0.507 e. The van der Waals surface area contributed by atoms with E-state index >= 15 is 0 Å². The molecule has 2 aromatic rings. The molecule has 0 spiro atoms. The summed E-state index contributed by atoms with van der Waals surface area (Å²) in [5.41, 5.74) is -0.0704. The van der Waals surface area contributed by atoms with Crippen molar-refractivity contribution in [1.29, 1.82) is 5.26 Å². The maximum absolute atomic E-state index is 13.6. The number of hydrogen-bond donors (Lipinski definition) is 2. The minimum absolute atomic E-state index is 0.120. The lowest BCUT2D eigenvalue weighted by molar-refractivity contribution is 0.102. The minimum Gasteiger partial charge on any atom is -0.507 e. The summed E-state index contributed by atoms with van der Waals surface area (Å²) >= 11 is 0. The van der Waals surface area contributed by atoms with Gasteiger partial charge in [0.25, 0.3) is 5.91 Å². The number of aromatic hydroxyl groups is 1. The van der Waals surface area contributed by atoms with Crippen LogP contribution in [0.1, 0.15) is 10.4 Å². The standard InChI is InChI=1S/C15H11FN2O3/c16-12-5-2-6-13(19)14(12)15(20)18-10-3-1-4-11(9-10)21-8-7-17/h1-6,9,19H,8H2,(H,18,20). The molecule has 0 aliphatic heterocycles. The van der Waals surface area contributed by atoms with E-state index in [1.807, 2.05) is 6.07 Å². The van der Waals surface area contributed by atoms with Crippen molar-refractivity contribution in [3.05, 3.63) is 53.8 Å². The molecule has 0 heterocycles. The van der Waals surface area contributed by atoms with Crippen molar-refractivity contribution in [3.8, 4) is 17.6 Å². The van der Waals surface area contributed by atoms with Crippen molar-refractivity contribution in [2.75, 3.05) is 11.9 Å². The van der Waals surface area contributed by atoms with E-state index in [0.717, 1.165) is 6.07 Å². The zero-order valence-electron chi connectivity index (χ0n) is 10.8. The Morgan fingerprint density at radius 2 is 2.10 bits per heavy atom. The average Bonchev–Trinajstić information content (AvgIpc) is 2.45. The minimum atomic E-state index is -0.815. The van der Waals surface area contributed by atoms with Crippen LogP contribution in [0.4, 0.5) is 10.1 Å². The van der Waals surface area contributed by atoms with Gasteiger partial charge in [0.05, 0.1) is 0 Å². The fourth-order valence-electron chi connectivity index (χ4n) is 1.71. The Labute approximate surface area is 120 Å². The molecular weight excluding hydrogens is 275 g/mol. The van der Waals surface area contributed by atoms with Crippen LogP contribution >= 0.6 is 0 Å². The fourth-order valence-corrected chi connectivity index (χ4v) is 1.71. The number of nitrogens with one attached hydrogen (secondary N) is 1. The molecular formula is C15H11FN2O3. The lowest BCUT2D eigenvalue weighted by Gasteiger charge is -2.09. The summed E-state index contributed by atoms with van der Waals surface area (Å²) in [4.78, 5) is 12.0. The van der Waals surface area contributed by atoms with E-state index in [0.29, 0.717) is 11.4 Å². The summed E-state index contributed by atoms with van der Waals surface area (Å²) in [6, 6.07) is 11.7. The second-order valence-electron chi connectivity index (χ2n) is 4.06. The van der Waals surface area contributed by atoms with Crippen LogP contribution in [0, 0.1) is 17.1 Å². The number of nitrogens with zero attached hydrogens (tertiary/aromatic N) is 1. The van der Waals surface area contributed by atoms with Crippen molar-refractivity contribution in [3.63, 3.8) is 0 Å². The molecule has 0 aliphatic carbocycles. The van der Waals surface area contributed by atoms with E-state index in [2.05, 4.69) is 5.32 Å². The molecule has 106 valence electrons. The maximum Gasteiger partial charge on any atom is 0.262 e. The molecule has 2 aromatic carbocycles. The van der Waals surface area contributed by atoms with Gasteiger partial charge in [0.2, 0.25) is 0 Å². The molecule has 0 radical (unpaired) electrons. The molecule has 0 saturated carbocycles. The van der Waals surface area contributed by atoms with Crippen molar-refractivity contribution in [1.82, 2.24) is 0 Å². The highest BCUT2D eigenvalue weighted by Crippen LogP contribution is 2.23. The summed E-state index contributed by atoms with van der Waals surface area (Å²) in [5, 5.41) is 20.4. The van der Waals surface area contributed by atoms with Crippen LogP contribution < -0.4 is 10.1 Å². The van der Waals surface area contributed by atoms with E-state index in [-0.39, 0.29) is 6.61 Å². The van der Waals surface area contributed by atoms with Gasteiger partial charge in [0.1, 0.15) is 28.9 Å². The smallest absolute Gasteiger partial charge is 0.262 e. The Morgan fingerprint density at radius 3 is 2.81 bits per heavy atom. The molecule has 5 nitrogen and oxygen atoms in total. The van der Waals surface area contributed by atoms with Gasteiger partial charge in [-0.3, -0.25) is 4.79 Å². The lowest BCUT2D eigenvalue weighted by atomic mass is 10.1. The molecule has 21 heavy (non-hydrogen) atoms. The zero-order valence-corrected chi connectivity index (χ0v) is 10.8. The number of rotatable bonds is 4. The summed E-state index contributed by atoms with van der Waals surface area (Å²) in [5.74, 6) is -1.64. The van der Waals surface area contributed by atoms with E-state index in [9.17, 15) is 14.3 Å². The van der Waals surface area contributed by atoms with E-state index in [1.54, 1.807) is 18.2 Å². The maximum atomic E-state index is 13.6. The fraction of sp³-hybridized carbons (Fsp3) is 0.0667. The Kier molecular flexibility index (Phi) is 4.36. The normalized spacial score (nSPS) is 9.71. The van der Waals surface area contributed by atoms with Crippen molar-refractivity contribution in [2.45, 2.75) is 0 Å². The van der Waals surface area contributed by atoms with Crippen LogP contribution in [0.25, 0.3) is 0 Å². The van der Waals surface area contributed by atoms with Crippen LogP contribution in [-0.4, -0.2) is 17.6 Å². The molecule has 0 atom stereocenters. The van der Waals surface area contributed by atoms with Crippen LogP contribution in [0.15, 0.2) is 42.5 Å². The van der Waals surface area contributed by atoms with Gasteiger partial charge in [-0.25, -0.2) is 4.39 Å². The molecule has 6 heteroatoms. The van der Waals surface area contributed by atoms with Gasteiger partial charge >= 0.3 is 0 Å². The van der Waals surface area contributed by atoms with Gasteiger partial charge < -0.3 is 15.2 Å². The third kappa shape index (κ3) is 3.48. The summed E-state index contributed by atoms with van der Waals surface area (Å²) in [6.07, 6.45) is 0. The number of hydrogen-bond acceptors (Lipinski definition) is 4. The Morgan fingerprint density at radius 1 is 1.33 bits per heavy atom. The first kappa shape index (κ1) is 14.3. The highest BCUT2D eigenvalue weighted by molar-refractivity contribution is 6.06. The highest BCUT2D eigenvalue weighted by atomic mass is 19.1. The molecule has 0 saturated heterocycles. The summed E-state index contributed by atoms with van der Waals surface area (Å²) < 4.78 is 18.7. The number of halogens is 1. The molecule has 0 unspecified atom stereocenters. The number of amides is 1. The predicted octanol–water partition coefficient (Wildman–Crippen LogP) is 2.69. The number of anilines is 1. The molecule has 0 fully saturated rings. The summed E-state index contributed by atoms with van der Waals surface area (Å²) in [6.45, 7) is -0.120. The molecule has 1 amide bonds. The first-order valence-electron chi connectivity index (χ1n) is 6.00. The summed E-state index contributed by atoms with van der Waals surface area (Å²) in [7, 11) is 0. The topological polar surface area (TPSA) is 82.3 Å². The predicted molar refractivity (Wildman–Crippen MR) is 73.6 cm³/mol. The third-order valence-corrected chi connectivity index (χ3v) is 2.61. The first-order chi connectivity index (χ1) is 10.1. The van der Waals surface area contributed by atoms with Gasteiger partial charge in [-0.1, -0.05) is 12.1 Å². The number of phenols is 1. The highest BCUT2D eigenvalue weighted by Gasteiger charge is 2.16. The number of nitriles is 1. The Balaban J connectivity index is 2.18. The molecule has 0 aromatic heterocycles. The van der Waals surface area contributed by atoms with Crippen LogP contribution in [-0.2, 0) is 0 Å². The van der Waals surface area contributed by atoms with Gasteiger partial charge in [0.15, 0.2) is 6.61 Å². The first-order valence-corrected chi connectivity index (χ1v) is 6.00. The van der Waals surface area contributed by atoms with E-state index < -0.39 is 23.0 Å². The molecule has 2 N–H and O–H groups in total. The molecule has 0 bridgehead atoms. The lowest BCUT2D eigenvalue weighted by Crippen LogP contribution is -2.14. The number of ether oxygens (including phenoxy) is 1. The Bertz CT molecular complexity index is 690. The van der Waals surface area contributed by atoms with E-state index in [4.69, 9.17) is 10.00 Å². The quantitative estimate of drug-likeness (QED) is 0.905. The van der Waals surface area contributed by atoms with Crippen LogP contribution in [0.5, 0.6) is 11.5 Å².